The summed E-state index contributed by atoms with van der Waals surface area (Å²) in [4.78, 5) is 31.4. The molecule has 144 valence electrons. The Morgan fingerprint density at radius 1 is 1.17 bits per heavy atom. The summed E-state index contributed by atoms with van der Waals surface area (Å²) < 4.78 is 1.82. The number of carbonyl (C=O) groups is 1. The van der Waals surface area contributed by atoms with Gasteiger partial charge in [0.1, 0.15) is 11.5 Å². The maximum atomic E-state index is 11.8. The summed E-state index contributed by atoms with van der Waals surface area (Å²) in [6, 6.07) is 11.2. The second kappa shape index (κ2) is 6.82. The third kappa shape index (κ3) is 2.80. The molecule has 1 aromatic carbocycles. The number of anilines is 2. The third-order valence-corrected chi connectivity index (χ3v) is 5.37. The predicted molar refractivity (Wildman–Crippen MR) is 110 cm³/mol. The first-order valence-corrected chi connectivity index (χ1v) is 9.45. The number of halogens is 1. The average Bonchev–Trinajstić information content (AvgIpc) is 3.34. The summed E-state index contributed by atoms with van der Waals surface area (Å²) in [5.41, 5.74) is 3.25. The lowest BCUT2D eigenvalue weighted by atomic mass is 10.1. The molecule has 4 aromatic rings. The van der Waals surface area contributed by atoms with Crippen LogP contribution in [0.1, 0.15) is 18.5 Å². The van der Waals surface area contributed by atoms with Crippen LogP contribution in [-0.2, 0) is 4.79 Å². The first-order valence-electron chi connectivity index (χ1n) is 9.07. The smallest absolute Gasteiger partial charge is 0.237 e. The van der Waals surface area contributed by atoms with E-state index < -0.39 is 6.17 Å². The number of benzene rings is 1. The fourth-order valence-electron chi connectivity index (χ4n) is 3.64. The van der Waals surface area contributed by atoms with Crippen molar-refractivity contribution >= 4 is 40.4 Å². The molecule has 0 bridgehead atoms. The van der Waals surface area contributed by atoms with E-state index in [1.54, 1.807) is 18.7 Å². The number of nitrogens with zero attached hydrogens (tertiary/aromatic N) is 6. The minimum absolute atomic E-state index is 0.234. The minimum Gasteiger partial charge on any atom is -0.355 e. The van der Waals surface area contributed by atoms with Crippen LogP contribution < -0.4 is 10.2 Å². The molecule has 9 heteroatoms. The number of nitrogens with one attached hydrogen (secondary N) is 1. The molecule has 29 heavy (non-hydrogen) atoms. The van der Waals surface area contributed by atoms with Crippen molar-refractivity contribution in [3.8, 4) is 5.95 Å². The normalized spacial score (nSPS) is 16.5. The Morgan fingerprint density at radius 2 is 2.03 bits per heavy atom. The topological polar surface area (TPSA) is 88.8 Å². The van der Waals surface area contributed by atoms with Crippen LogP contribution >= 0.6 is 11.6 Å². The number of hydrogen-bond acceptors (Lipinski definition) is 7. The standard InChI is InChI=1S/C20H16ClN7O/c1-12(13-5-4-8-22-18(13)21)28-17(10-29)25-15-9-23-20(26-19(15)28)27-11-24-14-6-2-3-7-16(14)27/h2-12,17,25H,1H3. The molecule has 1 aliphatic heterocycles. The Labute approximate surface area is 171 Å². The summed E-state index contributed by atoms with van der Waals surface area (Å²) in [6.45, 7) is 1.96. The number of carbonyl (C=O) groups excluding carboxylic acids is 1. The molecule has 0 spiro atoms. The molecule has 1 aliphatic rings. The highest BCUT2D eigenvalue weighted by molar-refractivity contribution is 6.30. The van der Waals surface area contributed by atoms with Crippen LogP contribution in [0, 0.1) is 0 Å². The molecule has 0 radical (unpaired) electrons. The number of para-hydroxylation sites is 2. The molecule has 1 N–H and O–H groups in total. The maximum Gasteiger partial charge on any atom is 0.237 e. The van der Waals surface area contributed by atoms with Gasteiger partial charge in [-0.05, 0) is 25.1 Å². The summed E-state index contributed by atoms with van der Waals surface area (Å²) in [7, 11) is 0. The summed E-state index contributed by atoms with van der Waals surface area (Å²) in [5, 5.41) is 3.55. The molecular formula is C20H16ClN7O. The van der Waals surface area contributed by atoms with Crippen LogP contribution in [0.5, 0.6) is 0 Å². The monoisotopic (exact) mass is 405 g/mol. The Morgan fingerprint density at radius 3 is 2.86 bits per heavy atom. The van der Waals surface area contributed by atoms with Gasteiger partial charge in [0.2, 0.25) is 5.95 Å². The van der Waals surface area contributed by atoms with Gasteiger partial charge in [-0.15, -0.1) is 0 Å². The van der Waals surface area contributed by atoms with Crippen molar-refractivity contribution in [3.63, 3.8) is 0 Å². The van der Waals surface area contributed by atoms with E-state index in [0.29, 0.717) is 22.6 Å². The molecule has 5 rings (SSSR count). The third-order valence-electron chi connectivity index (χ3n) is 5.06. The highest BCUT2D eigenvalue weighted by atomic mass is 35.5. The fraction of sp³-hybridized carbons (Fsp3) is 0.150. The van der Waals surface area contributed by atoms with Crippen LogP contribution in [0.25, 0.3) is 17.0 Å². The molecule has 4 heterocycles. The second-order valence-corrected chi connectivity index (χ2v) is 7.06. The van der Waals surface area contributed by atoms with E-state index in [1.165, 1.54) is 0 Å². The lowest BCUT2D eigenvalue weighted by Gasteiger charge is -2.29. The Balaban J connectivity index is 1.62. The first kappa shape index (κ1) is 17.6. The second-order valence-electron chi connectivity index (χ2n) is 6.70. The van der Waals surface area contributed by atoms with Crippen LogP contribution in [0.3, 0.4) is 0 Å². The van der Waals surface area contributed by atoms with E-state index in [2.05, 4.69) is 20.3 Å². The van der Waals surface area contributed by atoms with E-state index >= 15 is 0 Å². The molecule has 0 fully saturated rings. The van der Waals surface area contributed by atoms with Crippen molar-refractivity contribution in [2.45, 2.75) is 19.1 Å². The molecule has 0 amide bonds. The molecule has 0 aliphatic carbocycles. The lowest BCUT2D eigenvalue weighted by Crippen LogP contribution is -2.39. The van der Waals surface area contributed by atoms with Gasteiger partial charge in [-0.25, -0.2) is 15.0 Å². The van der Waals surface area contributed by atoms with Gasteiger partial charge < -0.3 is 10.2 Å². The zero-order chi connectivity index (χ0) is 20.0. The molecule has 2 atom stereocenters. The van der Waals surface area contributed by atoms with E-state index in [4.69, 9.17) is 16.6 Å². The van der Waals surface area contributed by atoms with Gasteiger partial charge in [0.25, 0.3) is 0 Å². The van der Waals surface area contributed by atoms with Crippen molar-refractivity contribution in [2.75, 3.05) is 10.2 Å². The molecule has 0 saturated heterocycles. The highest BCUT2D eigenvalue weighted by Gasteiger charge is 2.35. The summed E-state index contributed by atoms with van der Waals surface area (Å²) in [6.07, 6.45) is 5.27. The number of pyridine rings is 1. The molecule has 8 nitrogen and oxygen atoms in total. The lowest BCUT2D eigenvalue weighted by molar-refractivity contribution is -0.108. The number of aldehydes is 1. The van der Waals surface area contributed by atoms with E-state index in [1.807, 2.05) is 52.8 Å². The van der Waals surface area contributed by atoms with Gasteiger partial charge in [-0.1, -0.05) is 29.8 Å². The number of rotatable bonds is 4. The van der Waals surface area contributed by atoms with Crippen molar-refractivity contribution < 1.29 is 4.79 Å². The Hall–Kier alpha value is -3.52. The van der Waals surface area contributed by atoms with Crippen LogP contribution in [0.15, 0.2) is 55.1 Å². The quantitative estimate of drug-likeness (QED) is 0.411. The number of hydrogen-bond donors (Lipinski definition) is 1. The van der Waals surface area contributed by atoms with E-state index in [0.717, 1.165) is 22.9 Å². The summed E-state index contributed by atoms with van der Waals surface area (Å²) >= 11 is 6.30. The Bertz CT molecular complexity index is 1220. The molecule has 0 saturated carbocycles. The van der Waals surface area contributed by atoms with Crippen LogP contribution in [0.4, 0.5) is 11.5 Å². The summed E-state index contributed by atoms with van der Waals surface area (Å²) in [5.74, 6) is 1.09. The van der Waals surface area contributed by atoms with E-state index in [-0.39, 0.29) is 6.04 Å². The van der Waals surface area contributed by atoms with Crippen molar-refractivity contribution in [2.24, 2.45) is 0 Å². The van der Waals surface area contributed by atoms with Crippen molar-refractivity contribution in [3.05, 3.63) is 65.8 Å². The van der Waals surface area contributed by atoms with Gasteiger partial charge in [0.05, 0.1) is 29.0 Å². The zero-order valence-electron chi connectivity index (χ0n) is 15.4. The van der Waals surface area contributed by atoms with Gasteiger partial charge in [0, 0.05) is 11.8 Å². The highest BCUT2D eigenvalue weighted by Crippen LogP contribution is 2.39. The molecule has 2 unspecified atom stereocenters. The first-order chi connectivity index (χ1) is 14.2. The van der Waals surface area contributed by atoms with Gasteiger partial charge in [0.15, 0.2) is 18.3 Å². The van der Waals surface area contributed by atoms with Gasteiger partial charge >= 0.3 is 0 Å². The van der Waals surface area contributed by atoms with Gasteiger partial charge in [-0.2, -0.15) is 4.98 Å². The van der Waals surface area contributed by atoms with Gasteiger partial charge in [-0.3, -0.25) is 9.36 Å². The maximum absolute atomic E-state index is 11.8. The predicted octanol–water partition coefficient (Wildman–Crippen LogP) is 3.38. The average molecular weight is 406 g/mol. The number of imidazole rings is 1. The Kier molecular flexibility index (Phi) is 4.13. The van der Waals surface area contributed by atoms with Crippen molar-refractivity contribution in [1.29, 1.82) is 0 Å². The van der Waals surface area contributed by atoms with Crippen molar-refractivity contribution in [1.82, 2.24) is 24.5 Å². The fourth-order valence-corrected chi connectivity index (χ4v) is 3.92. The molecular weight excluding hydrogens is 390 g/mol. The van der Waals surface area contributed by atoms with Crippen LogP contribution in [0.2, 0.25) is 5.15 Å². The van der Waals surface area contributed by atoms with E-state index in [9.17, 15) is 4.79 Å². The molecule has 3 aromatic heterocycles. The SMILES string of the molecule is CC(c1cccnc1Cl)N1c2nc(-n3cnc4ccccc43)ncc2NC1C=O. The number of fused-ring (bicyclic) bond motifs is 2. The minimum atomic E-state index is -0.583. The largest absolute Gasteiger partial charge is 0.355 e. The van der Waals surface area contributed by atoms with Crippen LogP contribution in [-0.4, -0.2) is 37.0 Å². The zero-order valence-corrected chi connectivity index (χ0v) is 16.2. The number of aromatic nitrogens is 5.